The van der Waals surface area contributed by atoms with E-state index in [1.807, 2.05) is 0 Å². The first kappa shape index (κ1) is 11.5. The lowest BCUT2D eigenvalue weighted by atomic mass is 10.4. The Labute approximate surface area is 74.0 Å². The molecule has 0 radical (unpaired) electrons. The predicted octanol–water partition coefficient (Wildman–Crippen LogP) is -0.247. The lowest BCUT2D eigenvalue weighted by Gasteiger charge is -2.09. The molecule has 0 heterocycles. The van der Waals surface area contributed by atoms with Crippen LogP contribution in [0.15, 0.2) is 0 Å². The Balaban J connectivity index is 3.63. The van der Waals surface area contributed by atoms with Crippen LogP contribution in [0.25, 0.3) is 0 Å². The van der Waals surface area contributed by atoms with E-state index in [9.17, 15) is 9.00 Å². The molecule has 0 aliphatic rings. The standard InChI is InChI=1S/C6H13NO4S/c1-4-12(9)11-7-5(2)6(8)10-3/h5,7H,4H2,1-3H3. The molecule has 0 aromatic rings. The maximum Gasteiger partial charge on any atom is 0.324 e. The molecule has 12 heavy (non-hydrogen) atoms. The molecule has 5 nitrogen and oxygen atoms in total. The van der Waals surface area contributed by atoms with Crippen molar-refractivity contribution in [3.8, 4) is 0 Å². The topological polar surface area (TPSA) is 64.6 Å². The highest BCUT2D eigenvalue weighted by Crippen LogP contribution is 1.88. The van der Waals surface area contributed by atoms with Crippen LogP contribution < -0.4 is 5.48 Å². The zero-order chi connectivity index (χ0) is 9.56. The number of nitrogens with one attached hydrogen (secondary N) is 1. The molecule has 0 amide bonds. The highest BCUT2D eigenvalue weighted by atomic mass is 32.2. The fourth-order valence-corrected chi connectivity index (χ4v) is 0.779. The van der Waals surface area contributed by atoms with Crippen molar-refractivity contribution in [1.29, 1.82) is 0 Å². The lowest BCUT2D eigenvalue weighted by molar-refractivity contribution is -0.144. The lowest BCUT2D eigenvalue weighted by Crippen LogP contribution is -2.35. The zero-order valence-electron chi connectivity index (χ0n) is 7.33. The Bertz CT molecular complexity index is 173. The van der Waals surface area contributed by atoms with Gasteiger partial charge >= 0.3 is 5.97 Å². The van der Waals surface area contributed by atoms with Gasteiger partial charge in [0, 0.05) is 5.75 Å². The molecule has 0 rings (SSSR count). The Morgan fingerprint density at radius 1 is 1.67 bits per heavy atom. The molecule has 0 aliphatic carbocycles. The normalized spacial score (nSPS) is 15.2. The number of hydrogen-bond donors (Lipinski definition) is 1. The first-order valence-corrected chi connectivity index (χ1v) is 4.75. The Hall–Kier alpha value is -0.460. The number of carbonyl (C=O) groups is 1. The van der Waals surface area contributed by atoms with Gasteiger partial charge in [-0.1, -0.05) is 6.92 Å². The maximum absolute atomic E-state index is 10.7. The minimum Gasteiger partial charge on any atom is -0.468 e. The molecular weight excluding hydrogens is 182 g/mol. The van der Waals surface area contributed by atoms with Gasteiger partial charge in [0.15, 0.2) is 11.1 Å². The molecule has 6 heteroatoms. The highest BCUT2D eigenvalue weighted by Gasteiger charge is 2.13. The summed E-state index contributed by atoms with van der Waals surface area (Å²) in [6.07, 6.45) is 0. The number of esters is 1. The van der Waals surface area contributed by atoms with Gasteiger partial charge in [0.25, 0.3) is 0 Å². The van der Waals surface area contributed by atoms with Crippen LogP contribution in [0.5, 0.6) is 0 Å². The van der Waals surface area contributed by atoms with Gasteiger partial charge in [-0.2, -0.15) is 9.76 Å². The fourth-order valence-electron chi connectivity index (χ4n) is 0.410. The summed E-state index contributed by atoms with van der Waals surface area (Å²) in [5, 5.41) is 0. The monoisotopic (exact) mass is 195 g/mol. The Morgan fingerprint density at radius 3 is 2.67 bits per heavy atom. The number of methoxy groups -OCH3 is 1. The second-order valence-electron chi connectivity index (χ2n) is 2.04. The van der Waals surface area contributed by atoms with E-state index < -0.39 is 23.1 Å². The van der Waals surface area contributed by atoms with Crippen LogP contribution in [0.4, 0.5) is 0 Å². The van der Waals surface area contributed by atoms with Crippen LogP contribution in [0.2, 0.25) is 0 Å². The molecule has 0 bridgehead atoms. The van der Waals surface area contributed by atoms with Gasteiger partial charge in [0.2, 0.25) is 0 Å². The van der Waals surface area contributed by atoms with Crippen LogP contribution in [0.3, 0.4) is 0 Å². The zero-order valence-corrected chi connectivity index (χ0v) is 8.14. The van der Waals surface area contributed by atoms with E-state index in [1.165, 1.54) is 7.11 Å². The summed E-state index contributed by atoms with van der Waals surface area (Å²) in [6, 6.07) is -0.606. The summed E-state index contributed by atoms with van der Waals surface area (Å²) >= 11 is -1.38. The minimum atomic E-state index is -1.38. The van der Waals surface area contributed by atoms with Crippen molar-refractivity contribution in [3.63, 3.8) is 0 Å². The molecule has 0 aromatic carbocycles. The smallest absolute Gasteiger partial charge is 0.324 e. The second kappa shape index (κ2) is 6.10. The average molecular weight is 195 g/mol. The van der Waals surface area contributed by atoms with E-state index in [0.29, 0.717) is 5.75 Å². The SMILES string of the molecule is CCS(=O)ONC(C)C(=O)OC. The summed E-state index contributed by atoms with van der Waals surface area (Å²) in [4.78, 5) is 10.7. The number of hydroxylamine groups is 1. The molecule has 0 saturated heterocycles. The van der Waals surface area contributed by atoms with Crippen molar-refractivity contribution in [2.24, 2.45) is 0 Å². The van der Waals surface area contributed by atoms with Crippen molar-refractivity contribution >= 4 is 17.0 Å². The molecule has 0 aliphatic heterocycles. The van der Waals surface area contributed by atoms with Gasteiger partial charge in [0.1, 0.15) is 6.04 Å². The molecule has 0 aromatic heterocycles. The third-order valence-corrected chi connectivity index (χ3v) is 1.86. The van der Waals surface area contributed by atoms with Gasteiger partial charge in [0.05, 0.1) is 7.11 Å². The molecule has 2 atom stereocenters. The quantitative estimate of drug-likeness (QED) is 0.484. The highest BCUT2D eigenvalue weighted by molar-refractivity contribution is 7.80. The second-order valence-corrected chi connectivity index (χ2v) is 3.39. The largest absolute Gasteiger partial charge is 0.468 e. The van der Waals surface area contributed by atoms with Crippen LogP contribution >= 0.6 is 0 Å². The van der Waals surface area contributed by atoms with Crippen molar-refractivity contribution in [1.82, 2.24) is 5.48 Å². The van der Waals surface area contributed by atoms with Gasteiger partial charge in [-0.3, -0.25) is 4.79 Å². The van der Waals surface area contributed by atoms with E-state index in [1.54, 1.807) is 13.8 Å². The average Bonchev–Trinajstić information content (AvgIpc) is 2.11. The first-order chi connectivity index (χ1) is 5.61. The molecule has 72 valence electrons. The van der Waals surface area contributed by atoms with E-state index in [-0.39, 0.29) is 0 Å². The van der Waals surface area contributed by atoms with Crippen molar-refractivity contribution < 1.29 is 18.0 Å². The fraction of sp³-hybridized carbons (Fsp3) is 0.833. The summed E-state index contributed by atoms with van der Waals surface area (Å²) in [5.41, 5.74) is 2.31. The first-order valence-electron chi connectivity index (χ1n) is 3.50. The van der Waals surface area contributed by atoms with Crippen LogP contribution in [-0.2, 0) is 24.9 Å². The molecule has 0 saturated carbocycles. The maximum atomic E-state index is 10.7. The summed E-state index contributed by atoms with van der Waals surface area (Å²) in [6.45, 7) is 3.26. The number of carbonyl (C=O) groups excluding carboxylic acids is 1. The van der Waals surface area contributed by atoms with Crippen molar-refractivity contribution in [3.05, 3.63) is 0 Å². The van der Waals surface area contributed by atoms with Gasteiger partial charge in [-0.05, 0) is 6.92 Å². The summed E-state index contributed by atoms with van der Waals surface area (Å²) in [5.74, 6) is -0.0796. The third kappa shape index (κ3) is 4.42. The Kier molecular flexibility index (Phi) is 5.87. The summed E-state index contributed by atoms with van der Waals surface area (Å²) < 4.78 is 19.7. The summed E-state index contributed by atoms with van der Waals surface area (Å²) in [7, 11) is 1.28. The van der Waals surface area contributed by atoms with E-state index in [2.05, 4.69) is 14.5 Å². The van der Waals surface area contributed by atoms with Crippen molar-refractivity contribution in [2.45, 2.75) is 19.9 Å². The number of hydrogen-bond acceptors (Lipinski definition) is 5. The van der Waals surface area contributed by atoms with E-state index >= 15 is 0 Å². The Morgan fingerprint density at radius 2 is 2.25 bits per heavy atom. The number of ether oxygens (including phenoxy) is 1. The van der Waals surface area contributed by atoms with Crippen LogP contribution in [-0.4, -0.2) is 29.1 Å². The molecular formula is C6H13NO4S. The van der Waals surface area contributed by atoms with E-state index in [0.717, 1.165) is 0 Å². The van der Waals surface area contributed by atoms with Crippen molar-refractivity contribution in [2.75, 3.05) is 12.9 Å². The van der Waals surface area contributed by atoms with Crippen LogP contribution in [0.1, 0.15) is 13.8 Å². The van der Waals surface area contributed by atoms with Gasteiger partial charge in [-0.25, -0.2) is 4.21 Å². The van der Waals surface area contributed by atoms with E-state index in [4.69, 9.17) is 0 Å². The predicted molar refractivity (Wildman–Crippen MR) is 44.4 cm³/mol. The van der Waals surface area contributed by atoms with Gasteiger partial charge < -0.3 is 4.74 Å². The molecule has 1 N–H and O–H groups in total. The molecule has 0 spiro atoms. The number of rotatable bonds is 5. The molecule has 0 fully saturated rings. The molecule has 2 unspecified atom stereocenters. The minimum absolute atomic E-state index is 0.376. The third-order valence-electron chi connectivity index (χ3n) is 1.11. The van der Waals surface area contributed by atoms with Crippen LogP contribution in [0, 0.1) is 0 Å². The van der Waals surface area contributed by atoms with Gasteiger partial charge in [-0.15, -0.1) is 0 Å².